The van der Waals surface area contributed by atoms with Crippen LogP contribution >= 0.6 is 0 Å². The van der Waals surface area contributed by atoms with Crippen LogP contribution in [0.4, 0.5) is 4.79 Å². The zero-order valence-corrected chi connectivity index (χ0v) is 13.0. The minimum Gasteiger partial charge on any atom is -0.480 e. The fraction of sp³-hybridized carbons (Fsp3) is 0.312. The molecule has 0 aliphatic heterocycles. The third kappa shape index (κ3) is 6.49. The van der Waals surface area contributed by atoms with Gasteiger partial charge in [-0.3, -0.25) is 4.79 Å². The van der Waals surface area contributed by atoms with Gasteiger partial charge in [-0.25, -0.2) is 9.59 Å². The molecule has 24 heavy (non-hydrogen) atoms. The van der Waals surface area contributed by atoms with Gasteiger partial charge in [0.15, 0.2) is 0 Å². The van der Waals surface area contributed by atoms with Crippen molar-refractivity contribution >= 4 is 18.0 Å². The van der Waals surface area contributed by atoms with Gasteiger partial charge in [0.2, 0.25) is 5.91 Å². The average molecular weight is 336 g/mol. The number of rotatable bonds is 9. The number of alkyl carbamates (subject to hydrolysis) is 1. The van der Waals surface area contributed by atoms with E-state index < -0.39 is 36.7 Å². The Balaban J connectivity index is 2.52. The maximum atomic E-state index is 11.9. The van der Waals surface area contributed by atoms with Crippen molar-refractivity contribution in [2.45, 2.75) is 25.1 Å². The minimum absolute atomic E-state index is 0.000651. The third-order valence-corrected chi connectivity index (χ3v) is 3.02. The molecule has 0 saturated heterocycles. The normalized spacial score (nSPS) is 12.5. The molecule has 0 aromatic heterocycles. The van der Waals surface area contributed by atoms with Crippen LogP contribution in [-0.4, -0.2) is 46.9 Å². The number of carbonyl (C=O) groups excluding carboxylic acids is 2. The quantitative estimate of drug-likeness (QED) is 0.484. The predicted octanol–water partition coefficient (Wildman–Crippen LogP) is 0.419. The Morgan fingerprint density at radius 2 is 1.83 bits per heavy atom. The number of aliphatic hydroxyl groups is 1. The molecule has 0 radical (unpaired) electrons. The van der Waals surface area contributed by atoms with Gasteiger partial charge >= 0.3 is 12.1 Å². The minimum atomic E-state index is -1.32. The van der Waals surface area contributed by atoms with Crippen LogP contribution in [0.25, 0.3) is 0 Å². The Bertz CT molecular complexity index is 575. The molecule has 0 spiro atoms. The van der Waals surface area contributed by atoms with Crippen LogP contribution in [0.5, 0.6) is 0 Å². The first kappa shape index (κ1) is 19.2. The lowest BCUT2D eigenvalue weighted by molar-refractivity contribution is -0.142. The molecule has 0 heterocycles. The molecule has 4 N–H and O–H groups in total. The summed E-state index contributed by atoms with van der Waals surface area (Å²) in [7, 11) is 0. The van der Waals surface area contributed by atoms with E-state index in [2.05, 4.69) is 17.2 Å². The van der Waals surface area contributed by atoms with Crippen molar-refractivity contribution in [1.82, 2.24) is 10.6 Å². The summed E-state index contributed by atoms with van der Waals surface area (Å²) >= 11 is 0. The van der Waals surface area contributed by atoms with Crippen LogP contribution in [-0.2, 0) is 20.9 Å². The van der Waals surface area contributed by atoms with Crippen molar-refractivity contribution in [1.29, 1.82) is 0 Å². The molecule has 0 unspecified atom stereocenters. The highest BCUT2D eigenvalue weighted by Crippen LogP contribution is 2.01. The van der Waals surface area contributed by atoms with E-state index in [1.165, 1.54) is 6.08 Å². The first-order chi connectivity index (χ1) is 11.5. The zero-order valence-electron chi connectivity index (χ0n) is 13.0. The summed E-state index contributed by atoms with van der Waals surface area (Å²) in [6, 6.07) is 6.40. The molecule has 0 fully saturated rings. The standard InChI is InChI=1S/C16H20N2O6/c1-2-6-12(15(21)22)17-14(20)13(9-19)18-16(23)24-10-11-7-4-3-5-8-11/h2-5,7-8,12-13,19H,1,6,9-10H2,(H,17,20)(H,18,23)(H,21,22)/t12-,13-/m0/s1. The Labute approximate surface area is 139 Å². The second-order valence-corrected chi connectivity index (χ2v) is 4.87. The summed E-state index contributed by atoms with van der Waals surface area (Å²) < 4.78 is 4.94. The van der Waals surface area contributed by atoms with E-state index in [4.69, 9.17) is 9.84 Å². The second-order valence-electron chi connectivity index (χ2n) is 4.87. The topological polar surface area (TPSA) is 125 Å². The number of nitrogens with one attached hydrogen (secondary N) is 2. The first-order valence-electron chi connectivity index (χ1n) is 7.20. The molecule has 1 rings (SSSR count). The van der Waals surface area contributed by atoms with Gasteiger partial charge in [-0.15, -0.1) is 6.58 Å². The molecule has 0 aliphatic rings. The molecule has 0 aliphatic carbocycles. The molecule has 8 heteroatoms. The fourth-order valence-electron chi connectivity index (χ4n) is 1.76. The van der Waals surface area contributed by atoms with Gasteiger partial charge in [0, 0.05) is 0 Å². The van der Waals surface area contributed by atoms with Crippen molar-refractivity contribution in [3.05, 3.63) is 48.6 Å². The Morgan fingerprint density at radius 3 is 2.38 bits per heavy atom. The number of aliphatic hydroxyl groups excluding tert-OH is 1. The van der Waals surface area contributed by atoms with Crippen LogP contribution in [0, 0.1) is 0 Å². The van der Waals surface area contributed by atoms with E-state index in [-0.39, 0.29) is 13.0 Å². The highest BCUT2D eigenvalue weighted by Gasteiger charge is 2.25. The monoisotopic (exact) mass is 336 g/mol. The zero-order chi connectivity index (χ0) is 17.9. The number of ether oxygens (including phenoxy) is 1. The largest absolute Gasteiger partial charge is 0.480 e. The van der Waals surface area contributed by atoms with Crippen LogP contribution in [0.15, 0.2) is 43.0 Å². The Hall–Kier alpha value is -2.87. The van der Waals surface area contributed by atoms with E-state index in [0.29, 0.717) is 0 Å². The van der Waals surface area contributed by atoms with Crippen molar-refractivity contribution in [3.63, 3.8) is 0 Å². The van der Waals surface area contributed by atoms with E-state index in [0.717, 1.165) is 5.56 Å². The lowest BCUT2D eigenvalue weighted by atomic mass is 10.2. The molecule has 8 nitrogen and oxygen atoms in total. The van der Waals surface area contributed by atoms with Gasteiger partial charge < -0.3 is 25.6 Å². The number of amides is 2. The Kier molecular flexibility index (Phi) is 8.00. The lowest BCUT2D eigenvalue weighted by Crippen LogP contribution is -2.53. The molecule has 1 aromatic carbocycles. The number of hydrogen-bond acceptors (Lipinski definition) is 5. The smallest absolute Gasteiger partial charge is 0.408 e. The van der Waals surface area contributed by atoms with Crippen molar-refractivity contribution in [2.75, 3.05) is 6.61 Å². The van der Waals surface area contributed by atoms with Crippen molar-refractivity contribution in [3.8, 4) is 0 Å². The Morgan fingerprint density at radius 1 is 1.17 bits per heavy atom. The molecular weight excluding hydrogens is 316 g/mol. The third-order valence-electron chi connectivity index (χ3n) is 3.02. The first-order valence-corrected chi connectivity index (χ1v) is 7.20. The second kappa shape index (κ2) is 10.0. The predicted molar refractivity (Wildman–Crippen MR) is 85.0 cm³/mol. The van der Waals surface area contributed by atoms with E-state index >= 15 is 0 Å². The molecular formula is C16H20N2O6. The van der Waals surface area contributed by atoms with E-state index in [1.807, 2.05) is 6.07 Å². The van der Waals surface area contributed by atoms with Gasteiger partial charge in [-0.05, 0) is 12.0 Å². The summed E-state index contributed by atoms with van der Waals surface area (Å²) in [6.45, 7) is 2.70. The number of hydrogen-bond donors (Lipinski definition) is 4. The van der Waals surface area contributed by atoms with E-state index in [9.17, 15) is 19.5 Å². The number of carbonyl (C=O) groups is 3. The summed E-state index contributed by atoms with van der Waals surface area (Å²) in [5.74, 6) is -2.07. The number of aliphatic carboxylic acids is 1. The SMILES string of the molecule is C=CC[C@H](NC(=O)[C@H](CO)NC(=O)OCc1ccccc1)C(=O)O. The van der Waals surface area contributed by atoms with Crippen molar-refractivity contribution in [2.24, 2.45) is 0 Å². The number of carboxylic acids is 1. The average Bonchev–Trinajstić information content (AvgIpc) is 2.58. The van der Waals surface area contributed by atoms with Gasteiger partial charge in [0.05, 0.1) is 6.61 Å². The van der Waals surface area contributed by atoms with Crippen LogP contribution < -0.4 is 10.6 Å². The number of carboxylic acid groups (broad SMARTS) is 1. The van der Waals surface area contributed by atoms with Gasteiger partial charge in [-0.1, -0.05) is 36.4 Å². The van der Waals surface area contributed by atoms with Gasteiger partial charge in [0.1, 0.15) is 18.7 Å². The summed E-state index contributed by atoms with van der Waals surface area (Å²) in [6.07, 6.45) is 0.454. The van der Waals surface area contributed by atoms with Gasteiger partial charge in [0.25, 0.3) is 0 Å². The lowest BCUT2D eigenvalue weighted by Gasteiger charge is -2.19. The van der Waals surface area contributed by atoms with Crippen LogP contribution in [0.1, 0.15) is 12.0 Å². The summed E-state index contributed by atoms with van der Waals surface area (Å²) in [5, 5.41) is 22.6. The summed E-state index contributed by atoms with van der Waals surface area (Å²) in [4.78, 5) is 34.6. The van der Waals surface area contributed by atoms with Crippen molar-refractivity contribution < 1.29 is 29.3 Å². The van der Waals surface area contributed by atoms with Crippen LogP contribution in [0.3, 0.4) is 0 Å². The maximum absolute atomic E-state index is 11.9. The highest BCUT2D eigenvalue weighted by molar-refractivity contribution is 5.89. The number of benzene rings is 1. The molecule has 2 amide bonds. The molecule has 0 saturated carbocycles. The fourth-order valence-corrected chi connectivity index (χ4v) is 1.76. The summed E-state index contributed by atoms with van der Waals surface area (Å²) in [5.41, 5.74) is 0.759. The highest BCUT2D eigenvalue weighted by atomic mass is 16.5. The van der Waals surface area contributed by atoms with E-state index in [1.54, 1.807) is 24.3 Å². The van der Waals surface area contributed by atoms with Crippen LogP contribution in [0.2, 0.25) is 0 Å². The van der Waals surface area contributed by atoms with Gasteiger partial charge in [-0.2, -0.15) is 0 Å². The molecule has 2 atom stereocenters. The maximum Gasteiger partial charge on any atom is 0.408 e. The molecule has 130 valence electrons. The molecule has 0 bridgehead atoms. The molecule has 1 aromatic rings.